The van der Waals surface area contributed by atoms with Crippen LogP contribution in [-0.4, -0.2) is 101 Å². The third-order valence-electron chi connectivity index (χ3n) is 5.50. The first-order chi connectivity index (χ1) is 16.7. The third kappa shape index (κ3) is 6.56. The van der Waals surface area contributed by atoms with E-state index >= 15 is 0 Å². The minimum Gasteiger partial charge on any atom is -0.394 e. The summed E-state index contributed by atoms with van der Waals surface area (Å²) in [6, 6.07) is 0.946. The fourth-order valence-corrected chi connectivity index (χ4v) is 5.76. The molecule has 5 unspecified atom stereocenters. The predicted octanol–water partition coefficient (Wildman–Crippen LogP) is -3.52. The third-order valence-corrected chi connectivity index (χ3v) is 8.10. The van der Waals surface area contributed by atoms with Gasteiger partial charge in [-0.1, -0.05) is 6.92 Å². The highest BCUT2D eigenvalue weighted by atomic mass is 31.3. The van der Waals surface area contributed by atoms with Crippen molar-refractivity contribution < 1.29 is 67.3 Å². The second-order valence-electron chi connectivity index (χ2n) is 8.05. The molecule has 11 atom stereocenters. The molecule has 20 heteroatoms. The van der Waals surface area contributed by atoms with Crippen LogP contribution in [0.15, 0.2) is 21.9 Å². The maximum absolute atomic E-state index is 12.3. The topological polar surface area (TPSA) is 277 Å². The van der Waals surface area contributed by atoms with Crippen LogP contribution in [-0.2, 0) is 32.0 Å². The Morgan fingerprint density at radius 2 is 1.64 bits per heavy atom. The summed E-state index contributed by atoms with van der Waals surface area (Å²) in [5, 5.41) is 49.3. The first-order valence-corrected chi connectivity index (χ1v) is 13.3. The van der Waals surface area contributed by atoms with Crippen LogP contribution in [0.25, 0.3) is 0 Å². The number of hydrogen-bond acceptors (Lipinski definition) is 14. The predicted molar refractivity (Wildman–Crippen MR) is 112 cm³/mol. The number of nitrogens with zero attached hydrogens (tertiary/aromatic N) is 1. The van der Waals surface area contributed by atoms with Gasteiger partial charge in [-0.15, -0.1) is 0 Å². The van der Waals surface area contributed by atoms with Gasteiger partial charge < -0.3 is 44.8 Å². The highest BCUT2D eigenvalue weighted by molar-refractivity contribution is 7.61. The Morgan fingerprint density at radius 1 is 1.00 bits per heavy atom. The Bertz CT molecular complexity index is 1120. The van der Waals surface area contributed by atoms with Gasteiger partial charge in [0, 0.05) is 18.2 Å². The van der Waals surface area contributed by atoms with Crippen LogP contribution in [0.3, 0.4) is 0 Å². The van der Waals surface area contributed by atoms with E-state index in [4.69, 9.17) is 9.47 Å². The summed E-state index contributed by atoms with van der Waals surface area (Å²) in [6.45, 7) is -0.505. The molecule has 0 radical (unpaired) electrons. The van der Waals surface area contributed by atoms with Crippen molar-refractivity contribution in [3.05, 3.63) is 33.1 Å². The standard InChI is InChI=1S/C16H26N2O16P2/c1-6-10(21)11(22)7(4-19)32-15(6)33-36(28,29)34-35(26,27)30-5-8-12(23)13(24)14(31-8)18-3-2-9(20)17-16(18)25/h2-3,6-8,10-15,19,21-24H,4-5H2,1H3,(H,26,27)(H,28,29)(H,17,20,25)/t6?,7?,8-,10-,11-,12?,13+,14-,15-/m1/s1. The van der Waals surface area contributed by atoms with Crippen LogP contribution in [0.4, 0.5) is 0 Å². The fraction of sp³-hybridized carbons (Fsp3) is 0.750. The van der Waals surface area contributed by atoms with Crippen LogP contribution in [0.5, 0.6) is 0 Å². The van der Waals surface area contributed by atoms with Gasteiger partial charge in [0.25, 0.3) is 5.56 Å². The maximum atomic E-state index is 12.3. The molecule has 0 aromatic carbocycles. The number of aromatic amines is 1. The summed E-state index contributed by atoms with van der Waals surface area (Å²) in [4.78, 5) is 44.7. The molecule has 206 valence electrons. The highest BCUT2D eigenvalue weighted by Crippen LogP contribution is 2.61. The number of phosphoric ester groups is 2. The first kappa shape index (κ1) is 29.2. The minimum atomic E-state index is -5.43. The number of ether oxygens (including phenoxy) is 2. The number of hydrogen-bond donors (Lipinski definition) is 8. The van der Waals surface area contributed by atoms with Crippen molar-refractivity contribution in [2.75, 3.05) is 13.2 Å². The van der Waals surface area contributed by atoms with E-state index in [1.165, 1.54) is 6.92 Å². The van der Waals surface area contributed by atoms with E-state index in [2.05, 4.69) is 13.4 Å². The van der Waals surface area contributed by atoms with Crippen LogP contribution in [0, 0.1) is 5.92 Å². The van der Waals surface area contributed by atoms with Crippen LogP contribution < -0.4 is 11.2 Å². The molecule has 3 heterocycles. The number of rotatable bonds is 9. The minimum absolute atomic E-state index is 0.733. The molecule has 2 fully saturated rings. The Morgan fingerprint density at radius 3 is 2.25 bits per heavy atom. The molecule has 0 bridgehead atoms. The molecule has 3 rings (SSSR count). The van der Waals surface area contributed by atoms with Crippen molar-refractivity contribution in [3.63, 3.8) is 0 Å². The van der Waals surface area contributed by atoms with Crippen molar-refractivity contribution in [2.45, 2.75) is 56.1 Å². The average molecular weight is 564 g/mol. The van der Waals surface area contributed by atoms with Crippen molar-refractivity contribution >= 4 is 15.6 Å². The van der Waals surface area contributed by atoms with Crippen LogP contribution in [0.2, 0.25) is 0 Å². The van der Waals surface area contributed by atoms with Crippen molar-refractivity contribution in [3.8, 4) is 0 Å². The SMILES string of the molecule is CC1[C@@H](OP(=O)(O)OP(=O)(O)OC[C@H]2O[C@@H](n3ccc(=O)[nH]c3=O)[C@@H](O)C2O)OC(CO)[C@@H](O)[C@@H]1O. The lowest BCUT2D eigenvalue weighted by molar-refractivity contribution is -0.259. The number of phosphoric acid groups is 2. The number of aliphatic hydroxyl groups excluding tert-OH is 5. The van der Waals surface area contributed by atoms with E-state index < -0.39 is 95.2 Å². The van der Waals surface area contributed by atoms with Gasteiger partial charge in [0.1, 0.15) is 30.5 Å². The molecule has 0 saturated carbocycles. The summed E-state index contributed by atoms with van der Waals surface area (Å²) >= 11 is 0. The largest absolute Gasteiger partial charge is 0.483 e. The average Bonchev–Trinajstić information content (AvgIpc) is 3.06. The molecule has 2 aliphatic heterocycles. The molecule has 1 aromatic heterocycles. The van der Waals surface area contributed by atoms with Gasteiger partial charge in [-0.2, -0.15) is 4.31 Å². The summed E-state index contributed by atoms with van der Waals surface area (Å²) in [5.74, 6) is -1.14. The molecular weight excluding hydrogens is 538 g/mol. The van der Waals surface area contributed by atoms with E-state index in [1.54, 1.807) is 0 Å². The quantitative estimate of drug-likeness (QED) is 0.135. The molecule has 2 saturated heterocycles. The van der Waals surface area contributed by atoms with Gasteiger partial charge in [0.2, 0.25) is 0 Å². The molecule has 0 amide bonds. The Hall–Kier alpha value is -1.34. The number of aliphatic hydroxyl groups is 5. The maximum Gasteiger partial charge on any atom is 0.483 e. The lowest BCUT2D eigenvalue weighted by Gasteiger charge is -2.40. The molecule has 0 spiro atoms. The lowest BCUT2D eigenvalue weighted by Crippen LogP contribution is -2.55. The fourth-order valence-electron chi connectivity index (χ4n) is 3.54. The van der Waals surface area contributed by atoms with Crippen LogP contribution >= 0.6 is 15.6 Å². The zero-order valence-corrected chi connectivity index (χ0v) is 20.2. The monoisotopic (exact) mass is 564 g/mol. The van der Waals surface area contributed by atoms with Gasteiger partial charge in [0.05, 0.1) is 19.3 Å². The number of nitrogens with one attached hydrogen (secondary N) is 1. The zero-order valence-electron chi connectivity index (χ0n) is 18.4. The van der Waals surface area contributed by atoms with Crippen molar-refractivity contribution in [2.24, 2.45) is 5.92 Å². The van der Waals surface area contributed by atoms with Crippen molar-refractivity contribution in [1.29, 1.82) is 0 Å². The van der Waals surface area contributed by atoms with Gasteiger partial charge in [0.15, 0.2) is 12.5 Å². The first-order valence-electron chi connectivity index (χ1n) is 10.3. The van der Waals surface area contributed by atoms with Gasteiger partial charge in [-0.25, -0.2) is 13.9 Å². The zero-order chi connectivity index (χ0) is 27.0. The highest BCUT2D eigenvalue weighted by Gasteiger charge is 2.48. The van der Waals surface area contributed by atoms with E-state index in [-0.39, 0.29) is 0 Å². The van der Waals surface area contributed by atoms with Crippen LogP contribution in [0.1, 0.15) is 13.2 Å². The molecule has 18 nitrogen and oxygen atoms in total. The molecule has 2 aliphatic rings. The Labute approximate surface area is 201 Å². The van der Waals surface area contributed by atoms with E-state index in [0.717, 1.165) is 16.8 Å². The van der Waals surface area contributed by atoms with Gasteiger partial charge >= 0.3 is 21.3 Å². The molecular formula is C16H26N2O16P2. The smallest absolute Gasteiger partial charge is 0.394 e. The molecule has 0 aliphatic carbocycles. The second-order valence-corrected chi connectivity index (χ2v) is 11.0. The van der Waals surface area contributed by atoms with E-state index in [0.29, 0.717) is 0 Å². The summed E-state index contributed by atoms with van der Waals surface area (Å²) in [5.41, 5.74) is -1.71. The normalized spacial score (nSPS) is 38.4. The van der Waals surface area contributed by atoms with Gasteiger partial charge in [-0.3, -0.25) is 23.4 Å². The molecule has 8 N–H and O–H groups in total. The van der Waals surface area contributed by atoms with E-state index in [9.17, 15) is 54.0 Å². The van der Waals surface area contributed by atoms with Gasteiger partial charge in [-0.05, 0) is 0 Å². The molecule has 36 heavy (non-hydrogen) atoms. The molecule has 1 aromatic rings. The summed E-state index contributed by atoms with van der Waals surface area (Å²) in [6.07, 6.45) is -11.8. The lowest BCUT2D eigenvalue weighted by atomic mass is 9.93. The van der Waals surface area contributed by atoms with Crippen molar-refractivity contribution in [1.82, 2.24) is 9.55 Å². The van der Waals surface area contributed by atoms with E-state index in [1.807, 2.05) is 4.98 Å². The second kappa shape index (κ2) is 11.2. The Kier molecular flexibility index (Phi) is 9.08. The number of aromatic nitrogens is 2. The summed E-state index contributed by atoms with van der Waals surface area (Å²) in [7, 11) is -10.8. The Balaban J connectivity index is 1.61. The number of H-pyrrole nitrogens is 1. The summed E-state index contributed by atoms with van der Waals surface area (Å²) < 4.78 is 49.0.